The first-order chi connectivity index (χ1) is 19.8. The highest BCUT2D eigenvalue weighted by molar-refractivity contribution is 7.98. The minimum atomic E-state index is -1.32. The molecule has 0 aliphatic heterocycles. The number of hydrogen-bond acceptors (Lipinski definition) is 8. The van der Waals surface area contributed by atoms with Crippen LogP contribution in [0.1, 0.15) is 18.1 Å². The lowest BCUT2D eigenvalue weighted by Crippen LogP contribution is -2.42. The summed E-state index contributed by atoms with van der Waals surface area (Å²) in [6.45, 7) is 1.58. The van der Waals surface area contributed by atoms with E-state index in [9.17, 15) is 24.3 Å². The van der Waals surface area contributed by atoms with E-state index in [1.54, 1.807) is 19.1 Å². The quantitative estimate of drug-likeness (QED) is 0.166. The van der Waals surface area contributed by atoms with Gasteiger partial charge in [-0.3, -0.25) is 14.2 Å². The number of carboxylic acids is 1. The van der Waals surface area contributed by atoms with Crippen molar-refractivity contribution in [3.05, 3.63) is 80.5 Å². The van der Waals surface area contributed by atoms with E-state index in [4.69, 9.17) is 9.47 Å². The Kier molecular flexibility index (Phi) is 9.86. The van der Waals surface area contributed by atoms with Crippen molar-refractivity contribution in [3.63, 3.8) is 0 Å². The van der Waals surface area contributed by atoms with Gasteiger partial charge < -0.3 is 25.2 Å². The van der Waals surface area contributed by atoms with Gasteiger partial charge in [-0.05, 0) is 54.6 Å². The number of aromatic nitrogens is 2. The molecule has 2 heterocycles. The summed E-state index contributed by atoms with van der Waals surface area (Å²) < 4.78 is 12.6. The van der Waals surface area contributed by atoms with Crippen LogP contribution >= 0.6 is 23.1 Å². The zero-order chi connectivity index (χ0) is 29.5. The van der Waals surface area contributed by atoms with Crippen LogP contribution in [-0.2, 0) is 29.2 Å². The van der Waals surface area contributed by atoms with Gasteiger partial charge in [0.2, 0.25) is 0 Å². The highest BCUT2D eigenvalue weighted by Gasteiger charge is 2.24. The molecule has 4 rings (SSSR count). The van der Waals surface area contributed by atoms with E-state index < -0.39 is 29.8 Å². The fourth-order valence-corrected chi connectivity index (χ4v) is 6.28. The minimum absolute atomic E-state index is 0.0228. The summed E-state index contributed by atoms with van der Waals surface area (Å²) in [5.41, 5.74) is 0.618. The molecule has 11 nitrogen and oxygen atoms in total. The number of amides is 2. The molecule has 0 radical (unpaired) electrons. The van der Waals surface area contributed by atoms with Gasteiger partial charge in [0.1, 0.15) is 17.1 Å². The van der Waals surface area contributed by atoms with Crippen LogP contribution in [0.3, 0.4) is 0 Å². The fourth-order valence-electron chi connectivity index (χ4n) is 4.36. The highest BCUT2D eigenvalue weighted by atomic mass is 32.2. The van der Waals surface area contributed by atoms with Gasteiger partial charge in [0.15, 0.2) is 6.79 Å². The number of fused-ring (bicyclic) bond motifs is 1. The van der Waals surface area contributed by atoms with E-state index in [0.717, 1.165) is 20.6 Å². The molecule has 3 N–H and O–H groups in total. The maximum absolute atomic E-state index is 13.7. The Labute approximate surface area is 243 Å². The van der Waals surface area contributed by atoms with Gasteiger partial charge in [0, 0.05) is 35.5 Å². The normalized spacial score (nSPS) is 11.0. The molecule has 0 fully saturated rings. The molecule has 0 saturated heterocycles. The molecular formula is C28H30N4O7S2. The van der Waals surface area contributed by atoms with Gasteiger partial charge in [0.25, 0.3) is 5.56 Å². The van der Waals surface area contributed by atoms with Crippen molar-refractivity contribution < 1.29 is 24.2 Å². The first-order valence-electron chi connectivity index (χ1n) is 12.7. The van der Waals surface area contributed by atoms with Gasteiger partial charge in [0.05, 0.1) is 11.9 Å². The number of urea groups is 1. The smallest absolute Gasteiger partial charge is 0.332 e. The van der Waals surface area contributed by atoms with E-state index in [0.29, 0.717) is 27.6 Å². The van der Waals surface area contributed by atoms with E-state index >= 15 is 0 Å². The third-order valence-corrected chi connectivity index (χ3v) is 8.33. The second kappa shape index (κ2) is 13.5. The van der Waals surface area contributed by atoms with E-state index in [-0.39, 0.29) is 25.3 Å². The molecule has 41 heavy (non-hydrogen) atoms. The first kappa shape index (κ1) is 29.9. The number of nitrogens with zero attached hydrogens (tertiary/aromatic N) is 2. The van der Waals surface area contributed by atoms with Crippen molar-refractivity contribution in [2.24, 2.45) is 0 Å². The van der Waals surface area contributed by atoms with Gasteiger partial charge >= 0.3 is 17.7 Å². The van der Waals surface area contributed by atoms with Crippen molar-refractivity contribution in [3.8, 4) is 16.2 Å². The molecule has 2 amide bonds. The van der Waals surface area contributed by atoms with Crippen LogP contribution in [0.5, 0.6) is 5.75 Å². The van der Waals surface area contributed by atoms with E-state index in [2.05, 4.69) is 10.6 Å². The van der Waals surface area contributed by atoms with Crippen LogP contribution in [0.25, 0.3) is 20.7 Å². The number of methoxy groups -OCH3 is 1. The number of carbonyl (C=O) groups excluding carboxylic acids is 1. The summed E-state index contributed by atoms with van der Waals surface area (Å²) >= 11 is 2.76. The van der Waals surface area contributed by atoms with Crippen molar-refractivity contribution in [2.45, 2.75) is 31.5 Å². The minimum Gasteiger partial charge on any atom is -0.480 e. The number of carboxylic acid groups (broad SMARTS) is 1. The molecule has 0 aliphatic carbocycles. The Morgan fingerprint density at radius 2 is 1.78 bits per heavy atom. The molecule has 0 aliphatic rings. The molecule has 0 unspecified atom stereocenters. The number of thioether (sulfide) groups is 1. The molecule has 0 spiro atoms. The topological polar surface area (TPSA) is 141 Å². The Hall–Kier alpha value is -4.07. The van der Waals surface area contributed by atoms with E-state index in [1.165, 1.54) is 34.8 Å². The zero-order valence-electron chi connectivity index (χ0n) is 22.8. The summed E-state index contributed by atoms with van der Waals surface area (Å²) in [6.07, 6.45) is 1.93. The second-order valence-corrected chi connectivity index (χ2v) is 10.7. The number of rotatable bonds is 12. The lowest BCUT2D eigenvalue weighted by molar-refractivity contribution is -0.137. The third-order valence-electron chi connectivity index (χ3n) is 6.19. The lowest BCUT2D eigenvalue weighted by Gasteiger charge is -2.13. The Balaban J connectivity index is 1.98. The largest absolute Gasteiger partial charge is 0.480 e. The SMILES string of the molecule is CCNC(=O)NCc1c(-c2ccc(OCOC)cc2)sc2c1c(=O)n(CC(=O)O)c(=O)n2Cc1ccccc1SC. The standard InChI is InChI=1S/C28H30N4O7S2/c1-4-29-27(36)30-13-20-23-25(35)31(15-22(33)34)28(37)32(14-18-7-5-6-8-21(18)40-3)26(23)41-24(20)17-9-11-19(12-10-17)39-16-38-2/h5-12H,4,13-16H2,1-3H3,(H,33,34)(H2,29,30,36). The number of benzene rings is 2. The van der Waals surface area contributed by atoms with Crippen LogP contribution in [0.2, 0.25) is 0 Å². The maximum Gasteiger partial charge on any atom is 0.332 e. The predicted molar refractivity (Wildman–Crippen MR) is 159 cm³/mol. The number of carbonyl (C=O) groups is 2. The molecule has 0 atom stereocenters. The summed E-state index contributed by atoms with van der Waals surface area (Å²) in [7, 11) is 1.52. The average molecular weight is 599 g/mol. The summed E-state index contributed by atoms with van der Waals surface area (Å²) in [6, 6.07) is 14.3. The van der Waals surface area contributed by atoms with Gasteiger partial charge in [-0.2, -0.15) is 0 Å². The molecule has 4 aromatic rings. The Morgan fingerprint density at radius 3 is 2.44 bits per heavy atom. The number of hydrogen-bond donors (Lipinski definition) is 3. The maximum atomic E-state index is 13.7. The molecule has 13 heteroatoms. The Bertz CT molecular complexity index is 1680. The fraction of sp³-hybridized carbons (Fsp3) is 0.286. The second-order valence-electron chi connectivity index (χ2n) is 8.84. The van der Waals surface area contributed by atoms with E-state index in [1.807, 2.05) is 42.7 Å². The number of aliphatic carboxylic acids is 1. The summed E-state index contributed by atoms with van der Waals surface area (Å²) in [4.78, 5) is 53.4. The van der Waals surface area contributed by atoms with Gasteiger partial charge in [-0.15, -0.1) is 23.1 Å². The van der Waals surface area contributed by atoms with Crippen LogP contribution in [0, 0.1) is 0 Å². The van der Waals surface area contributed by atoms with Gasteiger partial charge in [-0.1, -0.05) is 18.2 Å². The number of thiophene rings is 1. The Morgan fingerprint density at radius 1 is 1.05 bits per heavy atom. The molecule has 2 aromatic heterocycles. The number of nitrogens with one attached hydrogen (secondary N) is 2. The highest BCUT2D eigenvalue weighted by Crippen LogP contribution is 2.38. The molecule has 0 saturated carbocycles. The van der Waals surface area contributed by atoms with Crippen molar-refractivity contribution in [1.29, 1.82) is 0 Å². The monoisotopic (exact) mass is 598 g/mol. The lowest BCUT2D eigenvalue weighted by atomic mass is 10.1. The van der Waals surface area contributed by atoms with Crippen molar-refractivity contribution >= 4 is 45.3 Å². The average Bonchev–Trinajstić information content (AvgIpc) is 3.35. The predicted octanol–water partition coefficient (Wildman–Crippen LogP) is 3.55. The van der Waals surface area contributed by atoms with Crippen LogP contribution in [0.4, 0.5) is 4.79 Å². The molecular weight excluding hydrogens is 568 g/mol. The van der Waals surface area contributed by atoms with Crippen LogP contribution in [-0.4, -0.2) is 52.9 Å². The summed E-state index contributed by atoms with van der Waals surface area (Å²) in [5, 5.41) is 15.2. The molecule has 2 aromatic carbocycles. The van der Waals surface area contributed by atoms with Crippen molar-refractivity contribution in [2.75, 3.05) is 26.7 Å². The zero-order valence-corrected chi connectivity index (χ0v) is 24.4. The first-order valence-corrected chi connectivity index (χ1v) is 14.7. The summed E-state index contributed by atoms with van der Waals surface area (Å²) in [5.74, 6) is -0.739. The number of ether oxygens (including phenoxy) is 2. The van der Waals surface area contributed by atoms with Crippen LogP contribution < -0.4 is 26.6 Å². The van der Waals surface area contributed by atoms with Crippen LogP contribution in [0.15, 0.2) is 63.0 Å². The van der Waals surface area contributed by atoms with Crippen molar-refractivity contribution in [1.82, 2.24) is 19.8 Å². The molecule has 0 bridgehead atoms. The van der Waals surface area contributed by atoms with Gasteiger partial charge in [-0.25, -0.2) is 14.2 Å². The molecule has 216 valence electrons. The third kappa shape index (κ3) is 6.64.